The van der Waals surface area contributed by atoms with Crippen molar-refractivity contribution in [2.24, 2.45) is 0 Å². The van der Waals surface area contributed by atoms with Crippen LogP contribution >= 0.6 is 0 Å². The van der Waals surface area contributed by atoms with Crippen molar-refractivity contribution in [3.05, 3.63) is 59.7 Å². The number of nitrogens with one attached hydrogen (secondary N) is 1. The molecule has 26 heavy (non-hydrogen) atoms. The lowest BCUT2D eigenvalue weighted by Crippen LogP contribution is -2.57. The van der Waals surface area contributed by atoms with Gasteiger partial charge in [0, 0.05) is 18.5 Å². The minimum atomic E-state index is -1.20. The van der Waals surface area contributed by atoms with Crippen LogP contribution < -0.4 is 10.1 Å². The van der Waals surface area contributed by atoms with Crippen LogP contribution in [0.25, 0.3) is 0 Å². The number of benzene rings is 1. The lowest BCUT2D eigenvalue weighted by atomic mass is 9.87. The molecule has 6 nitrogen and oxygen atoms in total. The zero-order chi connectivity index (χ0) is 18.7. The van der Waals surface area contributed by atoms with Gasteiger partial charge < -0.3 is 20.3 Å². The molecule has 3 N–H and O–H groups in total. The van der Waals surface area contributed by atoms with Gasteiger partial charge in [-0.05, 0) is 43.5 Å². The molecule has 1 fully saturated rings. The second-order valence-corrected chi connectivity index (χ2v) is 6.50. The monoisotopic (exact) mass is 360 g/mol. The van der Waals surface area contributed by atoms with E-state index in [0.29, 0.717) is 18.4 Å². The summed E-state index contributed by atoms with van der Waals surface area (Å²) < 4.78 is 18.8. The van der Waals surface area contributed by atoms with Crippen molar-refractivity contribution in [3.8, 4) is 5.75 Å². The predicted octanol–water partition coefficient (Wildman–Crippen LogP) is 1.59. The number of pyridine rings is 1. The van der Waals surface area contributed by atoms with Gasteiger partial charge in [-0.15, -0.1) is 0 Å². The summed E-state index contributed by atoms with van der Waals surface area (Å²) in [5.74, 6) is -0.512. The molecule has 0 spiro atoms. The summed E-state index contributed by atoms with van der Waals surface area (Å²) in [6.07, 6.45) is 0.848. The van der Waals surface area contributed by atoms with Crippen LogP contribution in [0.3, 0.4) is 0 Å². The van der Waals surface area contributed by atoms with Gasteiger partial charge in [0.2, 0.25) is 0 Å². The van der Waals surface area contributed by atoms with Gasteiger partial charge >= 0.3 is 0 Å². The van der Waals surface area contributed by atoms with Crippen molar-refractivity contribution < 1.29 is 24.1 Å². The van der Waals surface area contributed by atoms with Crippen LogP contribution in [0.2, 0.25) is 0 Å². The number of hydrogen-bond donors (Lipinski definition) is 3. The molecule has 3 rings (SSSR count). The normalized spacial score (nSPS) is 25.5. The molecule has 1 aromatic carbocycles. The summed E-state index contributed by atoms with van der Waals surface area (Å²) in [6.45, 7) is 1.83. The van der Waals surface area contributed by atoms with Gasteiger partial charge in [-0.3, -0.25) is 9.78 Å². The van der Waals surface area contributed by atoms with E-state index in [2.05, 4.69) is 10.3 Å². The summed E-state index contributed by atoms with van der Waals surface area (Å²) in [5.41, 5.74) is 1.25. The first-order valence-corrected chi connectivity index (χ1v) is 8.45. The zero-order valence-corrected chi connectivity index (χ0v) is 14.3. The summed E-state index contributed by atoms with van der Waals surface area (Å²) in [5, 5.41) is 23.4. The quantitative estimate of drug-likeness (QED) is 0.770. The fraction of sp³-hybridized carbons (Fsp3) is 0.368. The zero-order valence-electron chi connectivity index (χ0n) is 14.3. The van der Waals surface area contributed by atoms with Crippen LogP contribution in [-0.2, 0) is 0 Å². The predicted molar refractivity (Wildman–Crippen MR) is 92.3 cm³/mol. The van der Waals surface area contributed by atoms with E-state index >= 15 is 0 Å². The third kappa shape index (κ3) is 4.17. The maximum Gasteiger partial charge on any atom is 0.253 e. The van der Waals surface area contributed by atoms with E-state index in [1.165, 1.54) is 24.4 Å². The Morgan fingerprint density at radius 3 is 2.77 bits per heavy atom. The summed E-state index contributed by atoms with van der Waals surface area (Å²) in [7, 11) is 0. The Bertz CT molecular complexity index is 786. The van der Waals surface area contributed by atoms with Crippen LogP contribution in [0, 0.1) is 12.7 Å². The molecule has 4 atom stereocenters. The van der Waals surface area contributed by atoms with Gasteiger partial charge in [-0.25, -0.2) is 4.39 Å². The van der Waals surface area contributed by atoms with E-state index < -0.39 is 30.2 Å². The molecular formula is C19H21FN2O4. The van der Waals surface area contributed by atoms with Crippen molar-refractivity contribution in [2.75, 3.05) is 0 Å². The van der Waals surface area contributed by atoms with E-state index in [1.54, 1.807) is 18.3 Å². The summed E-state index contributed by atoms with van der Waals surface area (Å²) >= 11 is 0. The number of halogens is 1. The van der Waals surface area contributed by atoms with Crippen LogP contribution in [0.5, 0.6) is 5.75 Å². The highest BCUT2D eigenvalue weighted by Gasteiger charge is 2.39. The van der Waals surface area contributed by atoms with Crippen LogP contribution in [0.4, 0.5) is 4.39 Å². The van der Waals surface area contributed by atoms with E-state index in [1.807, 2.05) is 6.92 Å². The summed E-state index contributed by atoms with van der Waals surface area (Å²) in [6, 6.07) is 6.70. The SMILES string of the molecule is Cc1cncc(C(=O)N[C@@H]2CC[C@@H](Oc3cccc(F)c3)[C@H](O)[C@H]2O)c1. The van der Waals surface area contributed by atoms with Crippen molar-refractivity contribution in [1.82, 2.24) is 10.3 Å². The lowest BCUT2D eigenvalue weighted by Gasteiger charge is -2.37. The van der Waals surface area contributed by atoms with E-state index in [9.17, 15) is 19.4 Å². The Balaban J connectivity index is 1.62. The first kappa shape index (κ1) is 18.3. The molecule has 1 aromatic heterocycles. The maximum absolute atomic E-state index is 13.2. The minimum absolute atomic E-state index is 0.287. The first-order chi connectivity index (χ1) is 12.4. The summed E-state index contributed by atoms with van der Waals surface area (Å²) in [4.78, 5) is 16.3. The van der Waals surface area contributed by atoms with E-state index in [-0.39, 0.29) is 11.7 Å². The number of hydrogen-bond acceptors (Lipinski definition) is 5. The molecule has 1 amide bonds. The average molecular weight is 360 g/mol. The third-order valence-electron chi connectivity index (χ3n) is 4.44. The molecule has 1 aliphatic carbocycles. The molecular weight excluding hydrogens is 339 g/mol. The topological polar surface area (TPSA) is 91.7 Å². The fourth-order valence-corrected chi connectivity index (χ4v) is 3.08. The standard InChI is InChI=1S/C19H21FN2O4/c1-11-7-12(10-21-9-11)19(25)22-15-5-6-16(18(24)17(15)23)26-14-4-2-3-13(20)8-14/h2-4,7-10,15-18,23-24H,5-6H2,1H3,(H,22,25)/t15-,16-,17+,18+/m1/s1. The maximum atomic E-state index is 13.2. The molecule has 1 aliphatic rings. The largest absolute Gasteiger partial charge is 0.488 e. The minimum Gasteiger partial charge on any atom is -0.488 e. The van der Waals surface area contributed by atoms with Crippen molar-refractivity contribution >= 4 is 5.91 Å². The number of aliphatic hydroxyl groups excluding tert-OH is 2. The number of nitrogens with zero attached hydrogens (tertiary/aromatic N) is 1. The second-order valence-electron chi connectivity index (χ2n) is 6.50. The number of rotatable bonds is 4. The molecule has 1 saturated carbocycles. The molecule has 0 aliphatic heterocycles. The number of carbonyl (C=O) groups excluding carboxylic acids is 1. The van der Waals surface area contributed by atoms with Gasteiger partial charge in [-0.1, -0.05) is 6.07 Å². The molecule has 0 unspecified atom stereocenters. The second kappa shape index (κ2) is 7.80. The Morgan fingerprint density at radius 1 is 1.23 bits per heavy atom. The highest BCUT2D eigenvalue weighted by molar-refractivity contribution is 5.94. The highest BCUT2D eigenvalue weighted by atomic mass is 19.1. The number of amides is 1. The number of aromatic nitrogens is 1. The molecule has 1 heterocycles. The molecule has 138 valence electrons. The van der Waals surface area contributed by atoms with Crippen molar-refractivity contribution in [2.45, 2.75) is 44.1 Å². The van der Waals surface area contributed by atoms with E-state index in [4.69, 9.17) is 4.74 Å². The Kier molecular flexibility index (Phi) is 5.49. The molecule has 7 heteroatoms. The van der Waals surface area contributed by atoms with Gasteiger partial charge in [0.15, 0.2) is 0 Å². The van der Waals surface area contributed by atoms with Crippen molar-refractivity contribution in [1.29, 1.82) is 0 Å². The van der Waals surface area contributed by atoms with Gasteiger partial charge in [-0.2, -0.15) is 0 Å². The van der Waals surface area contributed by atoms with Gasteiger partial charge in [0.1, 0.15) is 29.9 Å². The molecule has 2 aromatic rings. The Labute approximate surface area is 150 Å². The lowest BCUT2D eigenvalue weighted by molar-refractivity contribution is -0.0874. The smallest absolute Gasteiger partial charge is 0.253 e. The molecule has 0 bridgehead atoms. The van der Waals surface area contributed by atoms with Crippen LogP contribution in [0.1, 0.15) is 28.8 Å². The number of carbonyl (C=O) groups is 1. The van der Waals surface area contributed by atoms with Crippen molar-refractivity contribution in [3.63, 3.8) is 0 Å². The van der Waals surface area contributed by atoms with Gasteiger partial charge in [0.05, 0.1) is 11.6 Å². The van der Waals surface area contributed by atoms with Crippen LogP contribution in [-0.4, -0.2) is 45.5 Å². The number of ether oxygens (including phenoxy) is 1. The Morgan fingerprint density at radius 2 is 2.04 bits per heavy atom. The van der Waals surface area contributed by atoms with Crippen LogP contribution in [0.15, 0.2) is 42.7 Å². The number of aryl methyl sites for hydroxylation is 1. The van der Waals surface area contributed by atoms with E-state index in [0.717, 1.165) is 5.56 Å². The number of aliphatic hydroxyl groups is 2. The average Bonchev–Trinajstić information content (AvgIpc) is 2.61. The van der Waals surface area contributed by atoms with Gasteiger partial charge in [0.25, 0.3) is 5.91 Å². The first-order valence-electron chi connectivity index (χ1n) is 8.45. The third-order valence-corrected chi connectivity index (χ3v) is 4.44. The molecule has 0 saturated heterocycles. The fourth-order valence-electron chi connectivity index (χ4n) is 3.08. The Hall–Kier alpha value is -2.51. The highest BCUT2D eigenvalue weighted by Crippen LogP contribution is 2.25. The molecule has 0 radical (unpaired) electrons.